The van der Waals surface area contributed by atoms with Crippen LogP contribution in [0.15, 0.2) is 0 Å². The van der Waals surface area contributed by atoms with Crippen molar-refractivity contribution in [2.75, 3.05) is 13.7 Å². The van der Waals surface area contributed by atoms with Crippen LogP contribution in [0.5, 0.6) is 0 Å². The number of carbonyl (C=O) groups excluding carboxylic acids is 1. The molecule has 0 amide bonds. The van der Waals surface area contributed by atoms with Gasteiger partial charge >= 0.3 is 5.97 Å². The Hall–Kier alpha value is -0.650. The Morgan fingerprint density at radius 1 is 1.35 bits per heavy atom. The first kappa shape index (κ1) is 17.4. The van der Waals surface area contributed by atoms with Crippen molar-refractivity contribution >= 4 is 5.97 Å². The number of methoxy groups -OCH3 is 1. The van der Waals surface area contributed by atoms with Crippen molar-refractivity contribution in [2.24, 2.45) is 5.73 Å². The van der Waals surface area contributed by atoms with E-state index < -0.39 is 5.60 Å². The van der Waals surface area contributed by atoms with Gasteiger partial charge in [-0.2, -0.15) is 0 Å². The molecule has 0 saturated heterocycles. The normalized spacial score (nSPS) is 27.4. The van der Waals surface area contributed by atoms with Crippen LogP contribution >= 0.6 is 0 Å². The lowest BCUT2D eigenvalue weighted by molar-refractivity contribution is -0.154. The molecule has 0 aromatic carbocycles. The largest absolute Gasteiger partial charge is 0.460 e. The summed E-state index contributed by atoms with van der Waals surface area (Å²) in [5, 5.41) is 3.44. The third-order valence-electron chi connectivity index (χ3n) is 3.57. The molecule has 0 spiro atoms. The van der Waals surface area contributed by atoms with Gasteiger partial charge in [-0.15, -0.1) is 0 Å². The molecule has 1 fully saturated rings. The average Bonchev–Trinajstić information content (AvgIpc) is 2.34. The number of esters is 1. The van der Waals surface area contributed by atoms with Crippen LogP contribution in [0, 0.1) is 0 Å². The molecule has 0 aromatic rings. The maximum Gasteiger partial charge on any atom is 0.306 e. The first-order chi connectivity index (χ1) is 9.31. The van der Waals surface area contributed by atoms with Gasteiger partial charge in [-0.3, -0.25) is 4.79 Å². The Morgan fingerprint density at radius 3 is 2.65 bits per heavy atom. The van der Waals surface area contributed by atoms with Crippen LogP contribution in [-0.4, -0.2) is 43.4 Å². The van der Waals surface area contributed by atoms with Gasteiger partial charge < -0.3 is 20.5 Å². The van der Waals surface area contributed by atoms with Gasteiger partial charge in [0.2, 0.25) is 0 Å². The molecule has 3 atom stereocenters. The molecule has 118 valence electrons. The fourth-order valence-corrected chi connectivity index (χ4v) is 2.52. The lowest BCUT2D eigenvalue weighted by Gasteiger charge is -2.34. The molecular weight excluding hydrogens is 256 g/mol. The molecule has 0 aromatic heterocycles. The van der Waals surface area contributed by atoms with E-state index in [4.69, 9.17) is 15.2 Å². The highest BCUT2D eigenvalue weighted by Crippen LogP contribution is 2.20. The van der Waals surface area contributed by atoms with Gasteiger partial charge in [0.05, 0.1) is 6.10 Å². The van der Waals surface area contributed by atoms with E-state index in [9.17, 15) is 4.79 Å². The second-order valence-electron chi connectivity index (χ2n) is 6.59. The second kappa shape index (κ2) is 7.96. The van der Waals surface area contributed by atoms with Crippen molar-refractivity contribution in [1.82, 2.24) is 5.32 Å². The van der Waals surface area contributed by atoms with E-state index in [0.717, 1.165) is 32.2 Å². The van der Waals surface area contributed by atoms with Gasteiger partial charge in [0.1, 0.15) is 5.60 Å². The topological polar surface area (TPSA) is 73.6 Å². The minimum atomic E-state index is -0.401. The van der Waals surface area contributed by atoms with Crippen LogP contribution in [0.4, 0.5) is 0 Å². The summed E-state index contributed by atoms with van der Waals surface area (Å²) in [5.74, 6) is -0.137. The molecule has 20 heavy (non-hydrogen) atoms. The van der Waals surface area contributed by atoms with Gasteiger partial charge in [0.25, 0.3) is 0 Å². The van der Waals surface area contributed by atoms with E-state index >= 15 is 0 Å². The summed E-state index contributed by atoms with van der Waals surface area (Å²) in [4.78, 5) is 11.6. The van der Waals surface area contributed by atoms with Crippen LogP contribution in [-0.2, 0) is 14.3 Å². The van der Waals surface area contributed by atoms with Crippen LogP contribution < -0.4 is 11.1 Å². The van der Waals surface area contributed by atoms with Crippen LogP contribution in [0.25, 0.3) is 0 Å². The van der Waals surface area contributed by atoms with Crippen molar-refractivity contribution in [3.05, 3.63) is 0 Å². The van der Waals surface area contributed by atoms with Crippen LogP contribution in [0.3, 0.4) is 0 Å². The van der Waals surface area contributed by atoms with Crippen molar-refractivity contribution < 1.29 is 14.3 Å². The highest BCUT2D eigenvalue weighted by Gasteiger charge is 2.27. The minimum absolute atomic E-state index is 0.137. The number of hydrogen-bond acceptors (Lipinski definition) is 5. The standard InChI is InChI=1S/C15H30N2O3/c1-15(2,3)20-14(18)6-5-9-17-13-10-11(19-4)7-8-12(13)16/h11-13,17H,5-10,16H2,1-4H3. The fourth-order valence-electron chi connectivity index (χ4n) is 2.52. The highest BCUT2D eigenvalue weighted by molar-refractivity contribution is 5.69. The Balaban J connectivity index is 2.18. The smallest absolute Gasteiger partial charge is 0.306 e. The third kappa shape index (κ3) is 6.68. The SMILES string of the molecule is COC1CCC(N)C(NCCCC(=O)OC(C)(C)C)C1. The molecule has 5 nitrogen and oxygen atoms in total. The van der Waals surface area contributed by atoms with E-state index in [-0.39, 0.29) is 18.1 Å². The number of nitrogens with two attached hydrogens (primary N) is 1. The summed E-state index contributed by atoms with van der Waals surface area (Å²) in [6.07, 6.45) is 4.49. The molecule has 0 heterocycles. The molecule has 1 aliphatic rings. The summed E-state index contributed by atoms with van der Waals surface area (Å²) in [5.41, 5.74) is 5.71. The molecule has 3 N–H and O–H groups in total. The Kier molecular flexibility index (Phi) is 6.92. The Bertz CT molecular complexity index is 302. The monoisotopic (exact) mass is 286 g/mol. The first-order valence-corrected chi connectivity index (χ1v) is 7.55. The summed E-state index contributed by atoms with van der Waals surface area (Å²) in [6.45, 7) is 6.44. The minimum Gasteiger partial charge on any atom is -0.460 e. The van der Waals surface area contributed by atoms with E-state index in [0.29, 0.717) is 12.5 Å². The molecule has 0 aliphatic heterocycles. The molecule has 5 heteroatoms. The van der Waals surface area contributed by atoms with E-state index in [2.05, 4.69) is 5.32 Å². The van der Waals surface area contributed by atoms with Crippen LogP contribution in [0.1, 0.15) is 52.9 Å². The van der Waals surface area contributed by atoms with Gasteiger partial charge in [0.15, 0.2) is 0 Å². The number of rotatable bonds is 6. The van der Waals surface area contributed by atoms with Gasteiger partial charge in [0, 0.05) is 25.6 Å². The molecule has 1 aliphatic carbocycles. The number of nitrogens with one attached hydrogen (secondary N) is 1. The number of carbonyl (C=O) groups is 1. The molecule has 1 rings (SSSR count). The van der Waals surface area contributed by atoms with Gasteiger partial charge in [-0.05, 0) is 53.0 Å². The van der Waals surface area contributed by atoms with Crippen molar-refractivity contribution in [1.29, 1.82) is 0 Å². The lowest BCUT2D eigenvalue weighted by atomic mass is 9.88. The zero-order valence-electron chi connectivity index (χ0n) is 13.3. The Labute approximate surface area is 122 Å². The van der Waals surface area contributed by atoms with Crippen LogP contribution in [0.2, 0.25) is 0 Å². The van der Waals surface area contributed by atoms with Gasteiger partial charge in [-0.1, -0.05) is 0 Å². The quantitative estimate of drug-likeness (QED) is 0.573. The lowest BCUT2D eigenvalue weighted by Crippen LogP contribution is -2.50. The molecule has 1 saturated carbocycles. The predicted octanol–water partition coefficient (Wildman–Crippen LogP) is 1.59. The number of hydrogen-bond donors (Lipinski definition) is 2. The highest BCUT2D eigenvalue weighted by atomic mass is 16.6. The first-order valence-electron chi connectivity index (χ1n) is 7.55. The average molecular weight is 286 g/mol. The van der Waals surface area contributed by atoms with E-state index in [1.54, 1.807) is 7.11 Å². The molecule has 0 bridgehead atoms. The number of ether oxygens (including phenoxy) is 2. The van der Waals surface area contributed by atoms with E-state index in [1.807, 2.05) is 20.8 Å². The maximum atomic E-state index is 11.6. The summed E-state index contributed by atoms with van der Waals surface area (Å²) >= 11 is 0. The molecule has 3 unspecified atom stereocenters. The Morgan fingerprint density at radius 2 is 2.05 bits per heavy atom. The maximum absolute atomic E-state index is 11.6. The van der Waals surface area contributed by atoms with Crippen molar-refractivity contribution in [3.63, 3.8) is 0 Å². The second-order valence-corrected chi connectivity index (χ2v) is 6.59. The van der Waals surface area contributed by atoms with Crippen molar-refractivity contribution in [3.8, 4) is 0 Å². The summed E-state index contributed by atoms with van der Waals surface area (Å²) in [6, 6.07) is 0.468. The van der Waals surface area contributed by atoms with E-state index in [1.165, 1.54) is 0 Å². The predicted molar refractivity (Wildman–Crippen MR) is 79.5 cm³/mol. The molecular formula is C15H30N2O3. The van der Waals surface area contributed by atoms with Crippen molar-refractivity contribution in [2.45, 2.75) is 76.7 Å². The zero-order valence-corrected chi connectivity index (χ0v) is 13.3. The summed E-state index contributed by atoms with van der Waals surface area (Å²) in [7, 11) is 1.75. The zero-order chi connectivity index (χ0) is 15.2. The van der Waals surface area contributed by atoms with Gasteiger partial charge in [-0.25, -0.2) is 0 Å². The molecule has 0 radical (unpaired) electrons. The summed E-state index contributed by atoms with van der Waals surface area (Å²) < 4.78 is 10.7. The fraction of sp³-hybridized carbons (Fsp3) is 0.933. The third-order valence-corrected chi connectivity index (χ3v) is 3.57.